The zero-order chi connectivity index (χ0) is 13.9. The Bertz CT molecular complexity index is 838. The highest BCUT2D eigenvalue weighted by Crippen LogP contribution is 2.16. The van der Waals surface area contributed by atoms with Gasteiger partial charge in [-0.05, 0) is 23.8 Å². The molecule has 1 N–H and O–H groups in total. The number of aromatic nitrogens is 2. The van der Waals surface area contributed by atoms with Gasteiger partial charge in [0.15, 0.2) is 0 Å². The minimum absolute atomic E-state index is 0.154. The first-order valence-corrected chi connectivity index (χ1v) is 6.16. The summed E-state index contributed by atoms with van der Waals surface area (Å²) in [5.41, 5.74) is 2.71. The maximum Gasteiger partial charge on any atom is 0.271 e. The van der Waals surface area contributed by atoms with Crippen molar-refractivity contribution in [3.63, 3.8) is 0 Å². The number of hydrogen-bond donors (Lipinski definition) is 1. The highest BCUT2D eigenvalue weighted by Gasteiger charge is 2.07. The van der Waals surface area contributed by atoms with Crippen molar-refractivity contribution in [2.24, 2.45) is 0 Å². The highest BCUT2D eigenvalue weighted by molar-refractivity contribution is 5.58. The van der Waals surface area contributed by atoms with Crippen molar-refractivity contribution < 1.29 is 0 Å². The first-order chi connectivity index (χ1) is 9.78. The number of nitrogens with one attached hydrogen (secondary N) is 1. The Kier molecular flexibility index (Phi) is 2.94. The molecule has 0 atom stereocenters. The van der Waals surface area contributed by atoms with E-state index in [1.807, 2.05) is 30.3 Å². The van der Waals surface area contributed by atoms with Crippen LogP contribution in [0.2, 0.25) is 0 Å². The number of hydrogen-bond acceptors (Lipinski definition) is 2. The Morgan fingerprint density at radius 3 is 2.55 bits per heavy atom. The van der Waals surface area contributed by atoms with Crippen molar-refractivity contribution in [2.75, 3.05) is 0 Å². The molecule has 0 amide bonds. The summed E-state index contributed by atoms with van der Waals surface area (Å²) < 4.78 is 1.43. The van der Waals surface area contributed by atoms with E-state index in [2.05, 4.69) is 11.2 Å². The maximum absolute atomic E-state index is 12.1. The second-order valence-electron chi connectivity index (χ2n) is 4.37. The lowest BCUT2D eigenvalue weighted by Gasteiger charge is -2.02. The molecule has 3 aromatic rings. The van der Waals surface area contributed by atoms with Crippen LogP contribution < -0.4 is 5.56 Å². The maximum atomic E-state index is 12.1. The van der Waals surface area contributed by atoms with E-state index in [1.165, 1.54) is 4.68 Å². The zero-order valence-corrected chi connectivity index (χ0v) is 10.6. The molecule has 0 unspecified atom stereocenters. The molecule has 0 bridgehead atoms. The summed E-state index contributed by atoms with van der Waals surface area (Å²) in [6.07, 6.45) is 0. The van der Waals surface area contributed by atoms with Crippen molar-refractivity contribution in [3.8, 4) is 23.0 Å². The smallest absolute Gasteiger partial charge is 0.271 e. The van der Waals surface area contributed by atoms with Crippen LogP contribution in [0.4, 0.5) is 0 Å². The van der Waals surface area contributed by atoms with Crippen LogP contribution in [0.5, 0.6) is 0 Å². The van der Waals surface area contributed by atoms with E-state index in [4.69, 9.17) is 5.26 Å². The summed E-state index contributed by atoms with van der Waals surface area (Å²) in [7, 11) is 0. The molecule has 0 radical (unpaired) electrons. The second kappa shape index (κ2) is 4.90. The molecule has 1 aromatic heterocycles. The monoisotopic (exact) mass is 261 g/mol. The molecule has 0 saturated carbocycles. The Morgan fingerprint density at radius 1 is 1.00 bits per heavy atom. The van der Waals surface area contributed by atoms with Gasteiger partial charge in [-0.15, -0.1) is 0 Å². The summed E-state index contributed by atoms with van der Waals surface area (Å²) >= 11 is 0. The number of benzene rings is 2. The summed E-state index contributed by atoms with van der Waals surface area (Å²) in [5.74, 6) is 0. The summed E-state index contributed by atoms with van der Waals surface area (Å²) in [5, 5.41) is 12.0. The lowest BCUT2D eigenvalue weighted by atomic mass is 10.2. The van der Waals surface area contributed by atoms with Crippen LogP contribution in [0.15, 0.2) is 65.5 Å². The third-order valence-corrected chi connectivity index (χ3v) is 3.04. The number of H-pyrrole nitrogens is 1. The van der Waals surface area contributed by atoms with E-state index in [1.54, 1.807) is 30.3 Å². The molecule has 0 aliphatic carbocycles. The molecule has 0 spiro atoms. The van der Waals surface area contributed by atoms with E-state index in [0.29, 0.717) is 11.3 Å². The minimum atomic E-state index is -0.154. The molecular weight excluding hydrogens is 250 g/mol. The summed E-state index contributed by atoms with van der Waals surface area (Å²) in [6, 6.07) is 20.2. The molecular formula is C16H11N3O. The van der Waals surface area contributed by atoms with Gasteiger partial charge < -0.3 is 0 Å². The SMILES string of the molecule is N#Cc1cccc(-n2[nH]c(-c3ccccc3)cc2=O)c1. The molecule has 96 valence electrons. The van der Waals surface area contributed by atoms with Crippen LogP contribution in [-0.2, 0) is 0 Å². The van der Waals surface area contributed by atoms with Crippen molar-refractivity contribution in [2.45, 2.75) is 0 Å². The van der Waals surface area contributed by atoms with E-state index in [9.17, 15) is 4.79 Å². The van der Waals surface area contributed by atoms with E-state index in [-0.39, 0.29) is 5.56 Å². The molecule has 1 heterocycles. The zero-order valence-electron chi connectivity index (χ0n) is 10.6. The van der Waals surface area contributed by atoms with Crippen LogP contribution in [0, 0.1) is 11.3 Å². The third-order valence-electron chi connectivity index (χ3n) is 3.04. The predicted octanol–water partition coefficient (Wildman–Crippen LogP) is 2.70. The predicted molar refractivity (Wildman–Crippen MR) is 76.5 cm³/mol. The van der Waals surface area contributed by atoms with Crippen LogP contribution in [0.3, 0.4) is 0 Å². The molecule has 0 fully saturated rings. The average molecular weight is 261 g/mol. The Hall–Kier alpha value is -3.06. The Morgan fingerprint density at radius 2 is 1.80 bits per heavy atom. The van der Waals surface area contributed by atoms with Gasteiger partial charge >= 0.3 is 0 Å². The molecule has 4 heteroatoms. The van der Waals surface area contributed by atoms with Crippen molar-refractivity contribution in [1.82, 2.24) is 9.78 Å². The van der Waals surface area contributed by atoms with Gasteiger partial charge in [0.1, 0.15) is 0 Å². The number of nitriles is 1. The fraction of sp³-hybridized carbons (Fsp3) is 0. The van der Waals surface area contributed by atoms with Crippen molar-refractivity contribution >= 4 is 0 Å². The molecule has 2 aromatic carbocycles. The fourth-order valence-corrected chi connectivity index (χ4v) is 2.07. The molecule has 3 rings (SSSR count). The molecule has 0 aliphatic rings. The Balaban J connectivity index is 2.10. The van der Waals surface area contributed by atoms with Gasteiger partial charge in [-0.3, -0.25) is 9.89 Å². The van der Waals surface area contributed by atoms with Crippen LogP contribution in [0.25, 0.3) is 16.9 Å². The lowest BCUT2D eigenvalue weighted by molar-refractivity contribution is 0.852. The third kappa shape index (κ3) is 2.13. The van der Waals surface area contributed by atoms with Gasteiger partial charge in [-0.25, -0.2) is 4.68 Å². The summed E-state index contributed by atoms with van der Waals surface area (Å²) in [4.78, 5) is 12.1. The van der Waals surface area contributed by atoms with E-state index >= 15 is 0 Å². The van der Waals surface area contributed by atoms with Gasteiger partial charge in [-0.2, -0.15) is 5.26 Å². The molecule has 0 aliphatic heterocycles. The van der Waals surface area contributed by atoms with Crippen LogP contribution in [0.1, 0.15) is 5.56 Å². The van der Waals surface area contributed by atoms with Crippen molar-refractivity contribution in [1.29, 1.82) is 5.26 Å². The quantitative estimate of drug-likeness (QED) is 0.771. The standard InChI is InChI=1S/C16H11N3O/c17-11-12-5-4-8-14(9-12)19-16(20)10-15(18-19)13-6-2-1-3-7-13/h1-10,18H. The lowest BCUT2D eigenvalue weighted by Crippen LogP contribution is -2.13. The topological polar surface area (TPSA) is 61.6 Å². The molecule has 0 saturated heterocycles. The van der Waals surface area contributed by atoms with E-state index in [0.717, 1.165) is 11.3 Å². The van der Waals surface area contributed by atoms with Crippen LogP contribution >= 0.6 is 0 Å². The highest BCUT2D eigenvalue weighted by atomic mass is 16.1. The number of nitrogens with zero attached hydrogens (tertiary/aromatic N) is 2. The summed E-state index contributed by atoms with van der Waals surface area (Å²) in [6.45, 7) is 0. The normalized spacial score (nSPS) is 10.2. The largest absolute Gasteiger partial charge is 0.290 e. The molecule has 20 heavy (non-hydrogen) atoms. The Labute approximate surface area is 115 Å². The average Bonchev–Trinajstić information content (AvgIpc) is 2.90. The first kappa shape index (κ1) is 12.0. The van der Waals surface area contributed by atoms with Crippen molar-refractivity contribution in [3.05, 3.63) is 76.6 Å². The van der Waals surface area contributed by atoms with E-state index < -0.39 is 0 Å². The second-order valence-corrected chi connectivity index (χ2v) is 4.37. The molecule has 4 nitrogen and oxygen atoms in total. The van der Waals surface area contributed by atoms with Crippen LogP contribution in [-0.4, -0.2) is 9.78 Å². The number of aromatic amines is 1. The number of rotatable bonds is 2. The van der Waals surface area contributed by atoms with Gasteiger partial charge in [0, 0.05) is 6.07 Å². The van der Waals surface area contributed by atoms with Gasteiger partial charge in [0.05, 0.1) is 23.0 Å². The fourth-order valence-electron chi connectivity index (χ4n) is 2.07. The van der Waals surface area contributed by atoms with Gasteiger partial charge in [0.25, 0.3) is 5.56 Å². The minimum Gasteiger partial charge on any atom is -0.290 e. The first-order valence-electron chi connectivity index (χ1n) is 6.16. The van der Waals surface area contributed by atoms with Gasteiger partial charge in [0.2, 0.25) is 0 Å². The van der Waals surface area contributed by atoms with Gasteiger partial charge in [-0.1, -0.05) is 36.4 Å².